The van der Waals surface area contributed by atoms with Gasteiger partial charge in [0, 0.05) is 30.2 Å². The molecule has 1 aliphatic rings. The summed E-state index contributed by atoms with van der Waals surface area (Å²) < 4.78 is 5.53. The number of benzene rings is 1. The van der Waals surface area contributed by atoms with Crippen LogP contribution >= 0.6 is 0 Å². The number of amides is 1. The molecule has 6 heteroatoms. The van der Waals surface area contributed by atoms with E-state index in [0.717, 1.165) is 28.1 Å². The number of anilines is 2. The summed E-state index contributed by atoms with van der Waals surface area (Å²) in [6.07, 6.45) is 2.16. The molecule has 122 valence electrons. The molecule has 4 rings (SSSR count). The number of carbonyl (C=O) groups is 1. The zero-order valence-corrected chi connectivity index (χ0v) is 13.5. The topological polar surface area (TPSA) is 105 Å². The van der Waals surface area contributed by atoms with E-state index in [1.54, 1.807) is 12.3 Å². The fraction of sp³-hybridized carbons (Fsp3) is 0.105. The van der Waals surface area contributed by atoms with Gasteiger partial charge in [0.05, 0.1) is 12.0 Å². The van der Waals surface area contributed by atoms with Crippen LogP contribution in [0.5, 0.6) is 0 Å². The summed E-state index contributed by atoms with van der Waals surface area (Å²) in [6.45, 7) is 1.47. The molecule has 2 aromatic heterocycles. The molecule has 0 atom stereocenters. The molecule has 0 spiro atoms. The van der Waals surface area contributed by atoms with Crippen LogP contribution in [0.2, 0.25) is 0 Å². The van der Waals surface area contributed by atoms with E-state index in [0.29, 0.717) is 23.3 Å². The first-order valence-electron chi connectivity index (χ1n) is 7.75. The number of rotatable bonds is 2. The van der Waals surface area contributed by atoms with Crippen molar-refractivity contribution in [2.75, 3.05) is 11.1 Å². The minimum Gasteiger partial charge on any atom is -0.464 e. The molecule has 1 aliphatic carbocycles. The Kier molecular flexibility index (Phi) is 3.29. The smallest absolute Gasteiger partial charge is 0.221 e. The van der Waals surface area contributed by atoms with Gasteiger partial charge in [-0.25, -0.2) is 4.98 Å². The summed E-state index contributed by atoms with van der Waals surface area (Å²) in [5.74, 6) is 0.657. The Labute approximate surface area is 143 Å². The predicted octanol–water partition coefficient (Wildman–Crippen LogP) is 3.33. The number of nitrogens with one attached hydrogen (secondary N) is 1. The number of fused-ring (bicyclic) bond motifs is 3. The van der Waals surface area contributed by atoms with Gasteiger partial charge in [0.2, 0.25) is 5.91 Å². The van der Waals surface area contributed by atoms with Crippen LogP contribution in [0.15, 0.2) is 41.0 Å². The molecule has 0 radical (unpaired) electrons. The van der Waals surface area contributed by atoms with Gasteiger partial charge in [-0.1, -0.05) is 6.07 Å². The predicted molar refractivity (Wildman–Crippen MR) is 93.6 cm³/mol. The lowest BCUT2D eigenvalue weighted by Gasteiger charge is -2.10. The van der Waals surface area contributed by atoms with Crippen LogP contribution in [0, 0.1) is 11.3 Å². The molecule has 2 heterocycles. The zero-order chi connectivity index (χ0) is 17.6. The number of hydrogen-bond donors (Lipinski definition) is 2. The maximum atomic E-state index is 11.3. The second-order valence-corrected chi connectivity index (χ2v) is 5.89. The van der Waals surface area contributed by atoms with E-state index in [9.17, 15) is 10.1 Å². The second kappa shape index (κ2) is 5.49. The number of nitrogen functional groups attached to an aromatic ring is 1. The Morgan fingerprint density at radius 2 is 2.24 bits per heavy atom. The van der Waals surface area contributed by atoms with Crippen LogP contribution in [0.25, 0.3) is 22.6 Å². The number of carbonyl (C=O) groups excluding carboxylic acids is 1. The van der Waals surface area contributed by atoms with Gasteiger partial charge < -0.3 is 15.5 Å². The molecule has 3 aromatic rings. The first kappa shape index (κ1) is 15.0. The van der Waals surface area contributed by atoms with Crippen molar-refractivity contribution in [2.24, 2.45) is 0 Å². The molecule has 1 amide bonds. The van der Waals surface area contributed by atoms with Crippen LogP contribution in [0.4, 0.5) is 11.5 Å². The molecular weight excluding hydrogens is 316 g/mol. The summed E-state index contributed by atoms with van der Waals surface area (Å²) >= 11 is 0. The van der Waals surface area contributed by atoms with E-state index >= 15 is 0 Å². The van der Waals surface area contributed by atoms with Gasteiger partial charge in [-0.15, -0.1) is 0 Å². The minimum absolute atomic E-state index is 0.124. The normalized spacial score (nSPS) is 11.5. The van der Waals surface area contributed by atoms with Crippen LogP contribution in [0.3, 0.4) is 0 Å². The van der Waals surface area contributed by atoms with E-state index in [4.69, 9.17) is 10.2 Å². The lowest BCUT2D eigenvalue weighted by Crippen LogP contribution is -2.05. The van der Waals surface area contributed by atoms with Crippen molar-refractivity contribution in [3.05, 3.63) is 53.3 Å². The monoisotopic (exact) mass is 330 g/mol. The highest BCUT2D eigenvalue weighted by atomic mass is 16.3. The number of nitrogens with two attached hydrogens (primary N) is 1. The van der Waals surface area contributed by atoms with Crippen molar-refractivity contribution in [2.45, 2.75) is 13.3 Å². The summed E-state index contributed by atoms with van der Waals surface area (Å²) in [6, 6.07) is 11.4. The largest absolute Gasteiger partial charge is 0.464 e. The number of aromatic nitrogens is 1. The fourth-order valence-electron chi connectivity index (χ4n) is 3.28. The van der Waals surface area contributed by atoms with Crippen LogP contribution in [-0.4, -0.2) is 10.9 Å². The van der Waals surface area contributed by atoms with Crippen LogP contribution in [0.1, 0.15) is 23.6 Å². The SMILES string of the molecule is CC(=O)Nc1ccc2c(c1)Cc1c-2nc(N)c(C#N)c1-c1ccco1. The number of nitrogens with zero attached hydrogens (tertiary/aromatic N) is 2. The third-order valence-corrected chi connectivity index (χ3v) is 4.25. The Balaban J connectivity index is 1.92. The highest BCUT2D eigenvalue weighted by Crippen LogP contribution is 2.44. The van der Waals surface area contributed by atoms with Gasteiger partial charge in [0.1, 0.15) is 23.2 Å². The summed E-state index contributed by atoms with van der Waals surface area (Å²) in [5, 5.41) is 12.3. The molecule has 0 aliphatic heterocycles. The maximum absolute atomic E-state index is 11.3. The molecule has 0 bridgehead atoms. The standard InChI is InChI=1S/C19H14N4O2/c1-10(24)22-12-4-5-13-11(7-12)8-14-17(16-3-2-6-25-16)15(9-20)19(21)23-18(13)14/h2-7H,8H2,1H3,(H2,21,23)(H,22,24). The minimum atomic E-state index is -0.124. The van der Waals surface area contributed by atoms with Crippen molar-refractivity contribution in [1.82, 2.24) is 4.98 Å². The van der Waals surface area contributed by atoms with Gasteiger partial charge >= 0.3 is 0 Å². The lowest BCUT2D eigenvalue weighted by atomic mass is 9.98. The highest BCUT2D eigenvalue weighted by Gasteiger charge is 2.28. The molecule has 0 fully saturated rings. The van der Waals surface area contributed by atoms with E-state index in [1.807, 2.05) is 24.3 Å². The molecule has 1 aromatic carbocycles. The van der Waals surface area contributed by atoms with Crippen molar-refractivity contribution in [3.8, 4) is 28.7 Å². The number of pyridine rings is 1. The van der Waals surface area contributed by atoms with Crippen LogP contribution in [-0.2, 0) is 11.2 Å². The molecule has 3 N–H and O–H groups in total. The Hall–Kier alpha value is -3.59. The average Bonchev–Trinajstić information content (AvgIpc) is 3.20. The van der Waals surface area contributed by atoms with Gasteiger partial charge in [0.15, 0.2) is 0 Å². The Bertz CT molecular complexity index is 1050. The molecular formula is C19H14N4O2. The summed E-state index contributed by atoms with van der Waals surface area (Å²) in [7, 11) is 0. The van der Waals surface area contributed by atoms with Gasteiger partial charge in [-0.2, -0.15) is 5.26 Å². The van der Waals surface area contributed by atoms with E-state index < -0.39 is 0 Å². The van der Waals surface area contributed by atoms with Crippen molar-refractivity contribution in [3.63, 3.8) is 0 Å². The van der Waals surface area contributed by atoms with E-state index in [1.165, 1.54) is 6.92 Å². The molecule has 25 heavy (non-hydrogen) atoms. The van der Waals surface area contributed by atoms with Crippen molar-refractivity contribution in [1.29, 1.82) is 5.26 Å². The highest BCUT2D eigenvalue weighted by molar-refractivity contribution is 5.91. The first-order chi connectivity index (χ1) is 12.1. The molecule has 0 saturated heterocycles. The van der Waals surface area contributed by atoms with E-state index in [2.05, 4.69) is 16.4 Å². The maximum Gasteiger partial charge on any atom is 0.221 e. The van der Waals surface area contributed by atoms with Crippen molar-refractivity contribution >= 4 is 17.4 Å². The lowest BCUT2D eigenvalue weighted by molar-refractivity contribution is -0.114. The number of hydrogen-bond acceptors (Lipinski definition) is 5. The number of furan rings is 1. The third-order valence-electron chi connectivity index (χ3n) is 4.25. The molecule has 6 nitrogen and oxygen atoms in total. The van der Waals surface area contributed by atoms with Crippen molar-refractivity contribution < 1.29 is 9.21 Å². The average molecular weight is 330 g/mol. The number of nitriles is 1. The fourth-order valence-corrected chi connectivity index (χ4v) is 3.28. The third kappa shape index (κ3) is 2.34. The molecule has 0 unspecified atom stereocenters. The first-order valence-corrected chi connectivity index (χ1v) is 7.75. The Morgan fingerprint density at radius 3 is 2.92 bits per heavy atom. The zero-order valence-electron chi connectivity index (χ0n) is 13.5. The van der Waals surface area contributed by atoms with Gasteiger partial charge in [-0.05, 0) is 35.4 Å². The summed E-state index contributed by atoms with van der Waals surface area (Å²) in [4.78, 5) is 15.7. The van der Waals surface area contributed by atoms with Gasteiger partial charge in [-0.3, -0.25) is 4.79 Å². The molecule has 0 saturated carbocycles. The van der Waals surface area contributed by atoms with Gasteiger partial charge in [0.25, 0.3) is 0 Å². The Morgan fingerprint density at radius 1 is 1.40 bits per heavy atom. The summed E-state index contributed by atoms with van der Waals surface area (Å²) in [5.41, 5.74) is 11.4. The quantitative estimate of drug-likeness (QED) is 0.586. The van der Waals surface area contributed by atoms with E-state index in [-0.39, 0.29) is 11.7 Å². The van der Waals surface area contributed by atoms with Crippen LogP contribution < -0.4 is 11.1 Å². The second-order valence-electron chi connectivity index (χ2n) is 5.89.